The van der Waals surface area contributed by atoms with E-state index in [1.807, 2.05) is 0 Å². The summed E-state index contributed by atoms with van der Waals surface area (Å²) < 4.78 is 0. The van der Waals surface area contributed by atoms with Crippen molar-refractivity contribution in [2.24, 2.45) is 5.18 Å². The van der Waals surface area contributed by atoms with Crippen molar-refractivity contribution in [1.29, 1.82) is 0 Å². The predicted octanol–water partition coefficient (Wildman–Crippen LogP) is 1.11. The Morgan fingerprint density at radius 1 is 1.23 bits per heavy atom. The zero-order valence-electron chi connectivity index (χ0n) is 6.38. The number of rotatable bonds is 1. The number of nitrogens with zero attached hydrogens (tertiary/aromatic N) is 3. The van der Waals surface area contributed by atoms with Crippen LogP contribution in [0.25, 0.3) is 10.8 Å². The molecule has 0 saturated heterocycles. The molecule has 0 unspecified atom stereocenters. The van der Waals surface area contributed by atoms with Crippen LogP contribution in [0.15, 0.2) is 28.8 Å². The summed E-state index contributed by atoms with van der Waals surface area (Å²) in [7, 11) is 0. The Kier molecular flexibility index (Phi) is 7.54. The van der Waals surface area contributed by atoms with Gasteiger partial charge in [-0.25, -0.2) is 0 Å². The van der Waals surface area contributed by atoms with Crippen molar-refractivity contribution in [2.75, 3.05) is 0 Å². The Morgan fingerprint density at radius 2 is 1.77 bits per heavy atom. The fourth-order valence-electron chi connectivity index (χ4n) is 0.632. The monoisotopic (exact) mass is 289 g/mol. The van der Waals surface area contributed by atoms with Crippen molar-refractivity contribution in [3.8, 4) is 0 Å². The fraction of sp³-hybridized carbons (Fsp3) is 0. The van der Waals surface area contributed by atoms with Crippen LogP contribution < -0.4 is 0 Å². The van der Waals surface area contributed by atoms with Gasteiger partial charge in [-0.3, -0.25) is 0 Å². The van der Waals surface area contributed by atoms with E-state index in [1.165, 1.54) is 0 Å². The Balaban J connectivity index is 0. The van der Waals surface area contributed by atoms with E-state index in [9.17, 15) is 4.91 Å². The first-order valence-electron chi connectivity index (χ1n) is 2.74. The minimum Gasteiger partial charge on any atom is -0.803 e. The molecule has 0 heterocycles. The van der Waals surface area contributed by atoms with Gasteiger partial charge in [0.1, 0.15) is 0 Å². The quantitative estimate of drug-likeness (QED) is 0.578. The second kappa shape index (κ2) is 6.38. The molecule has 0 aromatic carbocycles. The van der Waals surface area contributed by atoms with Crippen LogP contribution in [0.4, 0.5) is 0 Å². The molecular weight excluding hydrogens is 286 g/mol. The number of aliphatic hydroxyl groups is 1. The molecule has 1 N–H and O–H groups in total. The molecule has 0 spiro atoms. The second-order valence-electron chi connectivity index (χ2n) is 1.89. The fourth-order valence-corrected chi connectivity index (χ4v) is 0.632. The first kappa shape index (κ1) is 15.4. The van der Waals surface area contributed by atoms with E-state index in [1.54, 1.807) is 0 Å². The number of aliphatic hydroxyl groups excluding tert-OH is 1. The number of hydrogen-bond donors (Lipinski definition) is 1. The molecule has 0 aliphatic heterocycles. The number of nitroso groups, excluding NO2 is 1. The van der Waals surface area contributed by atoms with Crippen molar-refractivity contribution >= 4 is 11.4 Å². The summed E-state index contributed by atoms with van der Waals surface area (Å²) in [6.45, 7) is 0. The van der Waals surface area contributed by atoms with Crippen LogP contribution in [-0.2, 0) is 51.3 Å². The molecule has 7 heteroatoms. The van der Waals surface area contributed by atoms with Gasteiger partial charge in [0.2, 0.25) is 0 Å². The van der Waals surface area contributed by atoms with Crippen molar-refractivity contribution in [3.63, 3.8) is 0 Å². The molecule has 1 aliphatic carbocycles. The maximum absolute atomic E-state index is 9.89. The summed E-state index contributed by atoms with van der Waals surface area (Å²) in [6, 6.07) is 0. The third kappa shape index (κ3) is 3.27. The first-order chi connectivity index (χ1) is 5.16. The summed E-state index contributed by atoms with van der Waals surface area (Å²) in [4.78, 5) is 9.89. The summed E-state index contributed by atoms with van der Waals surface area (Å²) in [5.74, 6) is -0.491. The van der Waals surface area contributed by atoms with E-state index in [0.29, 0.717) is 0 Å². The van der Waals surface area contributed by atoms with Gasteiger partial charge in [-0.05, 0) is 17.3 Å². The Bertz CT molecular complexity index is 311. The van der Waals surface area contributed by atoms with E-state index in [-0.39, 0.29) is 57.0 Å². The van der Waals surface area contributed by atoms with Crippen LogP contribution in [-0.4, -0.2) is 16.5 Å². The zero-order valence-corrected chi connectivity index (χ0v) is 10.6. The van der Waals surface area contributed by atoms with Crippen LogP contribution in [0.1, 0.15) is 0 Å². The Morgan fingerprint density at radius 3 is 2.23 bits per heavy atom. The average molecular weight is 289 g/mol. The normalized spacial score (nSPS) is 14.8. The summed E-state index contributed by atoms with van der Waals surface area (Å²) in [5.41, 5.74) is -1.75. The summed E-state index contributed by atoms with van der Waals surface area (Å²) in [5, 5.41) is 28.9. The van der Waals surface area contributed by atoms with E-state index in [4.69, 9.17) is 15.9 Å². The molecule has 0 bridgehead atoms. The van der Waals surface area contributed by atoms with Crippen molar-refractivity contribution in [2.45, 2.75) is 0 Å². The van der Waals surface area contributed by atoms with Crippen LogP contribution in [0.2, 0.25) is 0 Å². The summed E-state index contributed by atoms with van der Waals surface area (Å²) >= 11 is 0. The molecule has 2 radical (unpaired) electrons. The minimum atomic E-state index is -0.734. The Hall–Kier alpha value is -0.0917. The topological polar surface area (TPSA) is 94.3 Å². The molecule has 1 rings (SSSR count). The second-order valence-corrected chi connectivity index (χ2v) is 1.89. The van der Waals surface area contributed by atoms with Gasteiger partial charge >= 0.3 is 0 Å². The minimum absolute atomic E-state index is 0. The van der Waals surface area contributed by atoms with Crippen LogP contribution in [0.5, 0.6) is 0 Å². The SMILES string of the molecule is [N-]=C1C(=[N-])C(N=O)=CC=C1O.[V].[Y]. The van der Waals surface area contributed by atoms with E-state index in [0.717, 1.165) is 12.2 Å². The third-order valence-corrected chi connectivity index (χ3v) is 1.21. The van der Waals surface area contributed by atoms with Crippen molar-refractivity contribution in [1.82, 2.24) is 0 Å². The predicted molar refractivity (Wildman–Crippen MR) is 41.3 cm³/mol. The van der Waals surface area contributed by atoms with E-state index < -0.39 is 17.2 Å². The van der Waals surface area contributed by atoms with E-state index in [2.05, 4.69) is 5.18 Å². The van der Waals surface area contributed by atoms with Crippen LogP contribution in [0.3, 0.4) is 0 Å². The van der Waals surface area contributed by atoms with E-state index >= 15 is 0 Å². The molecule has 0 aromatic heterocycles. The van der Waals surface area contributed by atoms with Gasteiger partial charge in [0.15, 0.2) is 0 Å². The number of allylic oxidation sites excluding steroid dienone is 4. The largest absolute Gasteiger partial charge is 0.803 e. The molecule has 13 heavy (non-hydrogen) atoms. The van der Waals surface area contributed by atoms with Gasteiger partial charge < -0.3 is 15.9 Å². The van der Waals surface area contributed by atoms with Crippen LogP contribution in [0, 0.1) is 4.91 Å². The van der Waals surface area contributed by atoms with Crippen molar-refractivity contribution < 1.29 is 56.4 Å². The maximum Gasteiger partial charge on any atom is 0.0978 e. The molecule has 1 aliphatic rings. The molecule has 0 aromatic rings. The van der Waals surface area contributed by atoms with Crippen molar-refractivity contribution in [3.05, 3.63) is 39.3 Å². The van der Waals surface area contributed by atoms with Gasteiger partial charge in [0.25, 0.3) is 0 Å². The average Bonchev–Trinajstić information content (AvgIpc) is 2.01. The first-order valence-corrected chi connectivity index (χ1v) is 2.74. The molecule has 5 nitrogen and oxygen atoms in total. The molecule has 0 atom stereocenters. The molecule has 64 valence electrons. The molecule has 0 amide bonds. The molecular formula is C6H3N3O2VY-2. The third-order valence-electron chi connectivity index (χ3n) is 1.21. The van der Waals surface area contributed by atoms with Crippen LogP contribution >= 0.6 is 0 Å². The molecule has 0 saturated carbocycles. The van der Waals surface area contributed by atoms with Gasteiger partial charge in [-0.15, -0.1) is 16.3 Å². The Labute approximate surface area is 111 Å². The zero-order chi connectivity index (χ0) is 8.43. The maximum atomic E-state index is 9.89. The van der Waals surface area contributed by atoms with Gasteiger partial charge in [0, 0.05) is 51.3 Å². The van der Waals surface area contributed by atoms with Gasteiger partial charge in [-0.2, -0.15) is 0 Å². The molecule has 0 fully saturated rings. The summed E-state index contributed by atoms with van der Waals surface area (Å²) in [6.07, 6.45) is 2.16. The number of hydrogen-bond acceptors (Lipinski definition) is 3. The van der Waals surface area contributed by atoms with Gasteiger partial charge in [-0.1, -0.05) is 0 Å². The smallest absolute Gasteiger partial charge is 0.0978 e. The van der Waals surface area contributed by atoms with Gasteiger partial charge in [0.05, 0.1) is 11.5 Å². The standard InChI is InChI=1S/C6H3N3O2.V.Y/c7-5-3(9-11)1-2-4(10)6(5)8;;/h1-2,10H;;/q-2;;.